The number of carbonyl (C=O) groups is 3. The quantitative estimate of drug-likeness (QED) is 0.140. The third-order valence-electron chi connectivity index (χ3n) is 11.9. The topological polar surface area (TPSA) is 87.0 Å². The number of nitrogens with zero attached hydrogens (tertiary/aromatic N) is 1. The molecular formula is C39H64N2O3. The maximum Gasteiger partial charge on any atom is 0.220 e. The molecule has 0 radical (unpaired) electrons. The highest BCUT2D eigenvalue weighted by Crippen LogP contribution is 2.65. The summed E-state index contributed by atoms with van der Waals surface area (Å²) in [4.78, 5) is 39.0. The number of hydrogen-bond donors (Lipinski definition) is 1. The van der Waals surface area contributed by atoms with E-state index in [-0.39, 0.29) is 56.7 Å². The van der Waals surface area contributed by atoms with Gasteiger partial charge in [0.05, 0.1) is 5.57 Å². The van der Waals surface area contributed by atoms with Crippen LogP contribution in [0.4, 0.5) is 0 Å². The molecule has 0 aromatic rings. The molecule has 44 heavy (non-hydrogen) atoms. The van der Waals surface area contributed by atoms with Gasteiger partial charge in [-0.15, -0.1) is 0 Å². The molecule has 0 saturated heterocycles. The lowest BCUT2D eigenvalue weighted by Gasteiger charge is -2.59. The van der Waals surface area contributed by atoms with Crippen LogP contribution in [0.25, 0.3) is 0 Å². The number of ketones is 2. The highest BCUT2D eigenvalue weighted by molar-refractivity contribution is 6.02. The third-order valence-corrected chi connectivity index (χ3v) is 11.9. The van der Waals surface area contributed by atoms with Crippen LogP contribution in [-0.2, 0) is 14.4 Å². The lowest BCUT2D eigenvalue weighted by Crippen LogP contribution is -2.53. The Hall–Kier alpha value is -2.22. The minimum Gasteiger partial charge on any atom is -0.351 e. The van der Waals surface area contributed by atoms with Gasteiger partial charge in [-0.2, -0.15) is 5.26 Å². The Kier molecular flexibility index (Phi) is 12.9. The fraction of sp³-hybridized carbons (Fsp3) is 0.795. The van der Waals surface area contributed by atoms with Gasteiger partial charge in [-0.3, -0.25) is 14.4 Å². The minimum absolute atomic E-state index is 0.00121. The van der Waals surface area contributed by atoms with Crippen molar-refractivity contribution in [1.82, 2.24) is 5.32 Å². The first-order chi connectivity index (χ1) is 20.3. The Balaban J connectivity index is 2.44. The van der Waals surface area contributed by atoms with Crippen molar-refractivity contribution in [2.45, 2.75) is 165 Å². The molecule has 1 fully saturated rings. The van der Waals surface area contributed by atoms with E-state index in [1.807, 2.05) is 19.1 Å². The normalized spacial score (nSPS) is 28.1. The molecule has 0 heterocycles. The second-order valence-corrected chi connectivity index (χ2v) is 16.5. The highest BCUT2D eigenvalue weighted by atomic mass is 16.2. The third kappa shape index (κ3) is 8.73. The summed E-state index contributed by atoms with van der Waals surface area (Å²) in [5, 5.41) is 13.4. The van der Waals surface area contributed by atoms with Gasteiger partial charge in [0.15, 0.2) is 11.6 Å². The van der Waals surface area contributed by atoms with Crippen LogP contribution in [0.2, 0.25) is 0 Å². The van der Waals surface area contributed by atoms with Gasteiger partial charge in [0, 0.05) is 23.3 Å². The number of amides is 1. The van der Waals surface area contributed by atoms with E-state index in [0.29, 0.717) is 6.42 Å². The molecule has 5 heteroatoms. The smallest absolute Gasteiger partial charge is 0.220 e. The van der Waals surface area contributed by atoms with Crippen LogP contribution in [0.3, 0.4) is 0 Å². The van der Waals surface area contributed by atoms with Crippen LogP contribution >= 0.6 is 0 Å². The van der Waals surface area contributed by atoms with Crippen LogP contribution < -0.4 is 5.32 Å². The van der Waals surface area contributed by atoms with Crippen LogP contribution in [0, 0.1) is 44.8 Å². The Labute approximate surface area is 270 Å². The van der Waals surface area contributed by atoms with Crippen LogP contribution in [-0.4, -0.2) is 23.0 Å². The maximum absolute atomic E-state index is 13.2. The summed E-state index contributed by atoms with van der Waals surface area (Å²) in [6.45, 7) is 23.9. The number of nitriles is 1. The summed E-state index contributed by atoms with van der Waals surface area (Å²) in [5.41, 5.74) is 0.0782. The summed E-state index contributed by atoms with van der Waals surface area (Å²) < 4.78 is 0. The summed E-state index contributed by atoms with van der Waals surface area (Å²) in [7, 11) is 0. The number of carbonyl (C=O) groups excluding carboxylic acids is 3. The molecule has 0 unspecified atom stereocenters. The van der Waals surface area contributed by atoms with E-state index in [2.05, 4.69) is 73.7 Å². The first-order valence-electron chi connectivity index (χ1n) is 17.5. The Morgan fingerprint density at radius 3 is 2.20 bits per heavy atom. The molecular weight excluding hydrogens is 544 g/mol. The van der Waals surface area contributed by atoms with E-state index in [1.54, 1.807) is 6.92 Å². The van der Waals surface area contributed by atoms with Crippen molar-refractivity contribution < 1.29 is 14.4 Å². The van der Waals surface area contributed by atoms with Crippen molar-refractivity contribution >= 4 is 17.5 Å². The van der Waals surface area contributed by atoms with Gasteiger partial charge < -0.3 is 5.32 Å². The van der Waals surface area contributed by atoms with Gasteiger partial charge in [0.25, 0.3) is 0 Å². The number of hydrogen-bond acceptors (Lipinski definition) is 4. The average molecular weight is 609 g/mol. The molecule has 1 amide bonds. The summed E-state index contributed by atoms with van der Waals surface area (Å²) in [6, 6.07) is 2.16. The Morgan fingerprint density at radius 1 is 1.00 bits per heavy atom. The molecule has 0 aromatic heterocycles. The second-order valence-electron chi connectivity index (χ2n) is 16.5. The molecule has 2 aliphatic carbocycles. The predicted molar refractivity (Wildman–Crippen MR) is 182 cm³/mol. The molecule has 5 atom stereocenters. The van der Waals surface area contributed by atoms with E-state index in [1.165, 1.54) is 0 Å². The lowest BCUT2D eigenvalue weighted by atomic mass is 9.44. The number of unbranched alkanes of at least 4 members (excludes halogenated alkanes) is 3. The Morgan fingerprint density at radius 2 is 1.64 bits per heavy atom. The van der Waals surface area contributed by atoms with Gasteiger partial charge in [-0.1, -0.05) is 99.6 Å². The van der Waals surface area contributed by atoms with Gasteiger partial charge in [0.1, 0.15) is 6.07 Å². The monoisotopic (exact) mass is 608 g/mol. The van der Waals surface area contributed by atoms with E-state index in [9.17, 15) is 19.6 Å². The molecule has 0 aliphatic heterocycles. The maximum atomic E-state index is 13.2. The molecule has 0 aromatic carbocycles. The van der Waals surface area contributed by atoms with E-state index >= 15 is 0 Å². The number of fused-ring (bicyclic) bond motifs is 1. The zero-order chi connectivity index (χ0) is 33.6. The molecule has 1 N–H and O–H groups in total. The largest absolute Gasteiger partial charge is 0.351 e. The number of allylic oxidation sites excluding steroid dienone is 4. The molecule has 2 rings (SSSR count). The van der Waals surface area contributed by atoms with Gasteiger partial charge in [-0.25, -0.2) is 0 Å². The summed E-state index contributed by atoms with van der Waals surface area (Å²) in [6.07, 6.45) is 16.4. The number of nitrogens with one attached hydrogen (secondary N) is 1. The molecule has 248 valence electrons. The van der Waals surface area contributed by atoms with Crippen molar-refractivity contribution in [3.05, 3.63) is 23.3 Å². The van der Waals surface area contributed by atoms with Crippen molar-refractivity contribution in [1.29, 1.82) is 5.26 Å². The van der Waals surface area contributed by atoms with E-state index in [0.717, 1.165) is 82.6 Å². The zero-order valence-electron chi connectivity index (χ0n) is 30.2. The molecule has 0 bridgehead atoms. The van der Waals surface area contributed by atoms with Crippen LogP contribution in [0.5, 0.6) is 0 Å². The predicted octanol–water partition coefficient (Wildman–Crippen LogP) is 9.85. The molecule has 0 spiro atoms. The van der Waals surface area contributed by atoms with Crippen molar-refractivity contribution in [3.63, 3.8) is 0 Å². The average Bonchev–Trinajstić information content (AvgIpc) is 2.93. The Bertz CT molecular complexity index is 1150. The van der Waals surface area contributed by atoms with Crippen molar-refractivity contribution in [3.8, 4) is 6.07 Å². The first kappa shape index (κ1) is 38.0. The minimum atomic E-state index is -0.547. The van der Waals surface area contributed by atoms with Gasteiger partial charge in [0.2, 0.25) is 5.91 Å². The second kappa shape index (κ2) is 14.9. The van der Waals surface area contributed by atoms with E-state index in [4.69, 9.17) is 0 Å². The SMILES string of the molecule is CCCCCCC(=O)N[C@@](C)(CCC(C)(C)CCC)CCC(C)(C)[C@]1(C)CC[C@H]2[C@H](C)C(=O)C(C#N)=C[C@]2(C)/C1=C/C(C)=O. The van der Waals surface area contributed by atoms with E-state index < -0.39 is 5.41 Å². The summed E-state index contributed by atoms with van der Waals surface area (Å²) >= 11 is 0. The highest BCUT2D eigenvalue weighted by Gasteiger charge is 2.58. The zero-order valence-corrected chi connectivity index (χ0v) is 30.2. The fourth-order valence-corrected chi connectivity index (χ4v) is 8.38. The summed E-state index contributed by atoms with van der Waals surface area (Å²) in [5.74, 6) is -0.128. The molecule has 2 aliphatic rings. The molecule has 5 nitrogen and oxygen atoms in total. The number of rotatable bonds is 16. The number of Topliss-reactive ketones (excluding diaryl/α,β-unsaturated/α-hetero) is 1. The fourth-order valence-electron chi connectivity index (χ4n) is 8.38. The van der Waals surface area contributed by atoms with Gasteiger partial charge in [-0.05, 0) is 93.5 Å². The lowest BCUT2D eigenvalue weighted by molar-refractivity contribution is -0.124. The standard InChI is InChI=1S/C39H64N2O3/c1-12-14-15-16-17-33(43)41-37(9,23-21-35(5,6)19-13-2)24-22-36(7,8)39(11)20-18-31-29(4)34(44)30(27-40)26-38(31,10)32(39)25-28(3)42/h25-26,29,31H,12-24H2,1-11H3,(H,41,43)/b32-25-/t29-,31-,37-,38-,39+/m0/s1. The van der Waals surface area contributed by atoms with Crippen LogP contribution in [0.15, 0.2) is 23.3 Å². The van der Waals surface area contributed by atoms with Crippen molar-refractivity contribution in [2.24, 2.45) is 33.5 Å². The van der Waals surface area contributed by atoms with Crippen molar-refractivity contribution in [2.75, 3.05) is 0 Å². The van der Waals surface area contributed by atoms with Crippen LogP contribution in [0.1, 0.15) is 160 Å². The van der Waals surface area contributed by atoms with Gasteiger partial charge >= 0.3 is 0 Å². The first-order valence-corrected chi connectivity index (χ1v) is 17.5. The molecule has 1 saturated carbocycles.